The lowest BCUT2D eigenvalue weighted by molar-refractivity contribution is -1.09. The van der Waals surface area contributed by atoms with Gasteiger partial charge in [0.2, 0.25) is 0 Å². The molecular weight excluding hydrogens is 318 g/mol. The second-order valence-corrected chi connectivity index (χ2v) is 7.11. The zero-order valence-corrected chi connectivity index (χ0v) is 15.3. The topological polar surface area (TPSA) is 94.0 Å². The van der Waals surface area contributed by atoms with E-state index in [1.807, 2.05) is 0 Å². The third-order valence-electron chi connectivity index (χ3n) is 4.27. The van der Waals surface area contributed by atoms with Crippen LogP contribution in [0.2, 0.25) is 0 Å². The van der Waals surface area contributed by atoms with E-state index in [4.69, 9.17) is 14.2 Å². The first-order chi connectivity index (χ1) is 11.1. The molecule has 9 nitrogen and oxygen atoms in total. The Morgan fingerprint density at radius 3 is 0.958 bits per heavy atom. The molecule has 0 spiro atoms. The molecule has 24 heavy (non-hydrogen) atoms. The molecule has 0 atom stereocenters. The van der Waals surface area contributed by atoms with E-state index in [0.717, 1.165) is 13.1 Å². The molecule has 1 N–H and O–H groups in total. The second-order valence-electron chi connectivity index (χ2n) is 7.11. The van der Waals surface area contributed by atoms with Crippen LogP contribution in [-0.4, -0.2) is 119 Å². The smallest absolute Gasteiger partial charge is 0.132 e. The molecule has 0 amide bonds. The fourth-order valence-corrected chi connectivity index (χ4v) is 2.19. The minimum Gasteiger partial charge on any atom is -0.633 e. The lowest BCUT2D eigenvalue weighted by Gasteiger charge is -2.41. The Morgan fingerprint density at radius 1 is 0.583 bits per heavy atom. The van der Waals surface area contributed by atoms with E-state index >= 15 is 0 Å². The summed E-state index contributed by atoms with van der Waals surface area (Å²) >= 11 is 0. The van der Waals surface area contributed by atoms with E-state index in [9.17, 15) is 15.6 Å². The third-order valence-corrected chi connectivity index (χ3v) is 4.27. The number of quaternary nitrogens is 3. The van der Waals surface area contributed by atoms with Gasteiger partial charge in [-0.1, -0.05) is 0 Å². The van der Waals surface area contributed by atoms with Crippen LogP contribution < -0.4 is 0 Å². The Balaban J connectivity index is 0.000000180. The Bertz CT molecular complexity index is 276. The van der Waals surface area contributed by atoms with Gasteiger partial charge in [0.05, 0.1) is 60.8 Å². The molecule has 0 aromatic carbocycles. The second kappa shape index (κ2) is 9.95. The highest BCUT2D eigenvalue weighted by atomic mass is 16.6. The van der Waals surface area contributed by atoms with Gasteiger partial charge in [-0.05, 0) is 0 Å². The van der Waals surface area contributed by atoms with Crippen molar-refractivity contribution < 1.29 is 33.4 Å². The van der Waals surface area contributed by atoms with Crippen molar-refractivity contribution in [1.29, 1.82) is 0 Å². The van der Waals surface area contributed by atoms with Crippen molar-refractivity contribution in [2.24, 2.45) is 0 Å². The number of hydrogen-bond acceptors (Lipinski definition) is 6. The van der Waals surface area contributed by atoms with Crippen molar-refractivity contribution in [2.45, 2.75) is 0 Å². The minimum absolute atomic E-state index is 0.125. The summed E-state index contributed by atoms with van der Waals surface area (Å²) in [6.07, 6.45) is 0. The maximum absolute atomic E-state index is 11.0. The van der Waals surface area contributed by atoms with Gasteiger partial charge < -0.3 is 33.9 Å². The van der Waals surface area contributed by atoms with Gasteiger partial charge in [-0.3, -0.25) is 0 Å². The van der Waals surface area contributed by atoms with Gasteiger partial charge >= 0.3 is 0 Å². The molecule has 3 aliphatic rings. The summed E-state index contributed by atoms with van der Waals surface area (Å²) in [7, 11) is 5.16. The van der Waals surface area contributed by atoms with Crippen molar-refractivity contribution in [3.63, 3.8) is 0 Å². The number of likely N-dealkylation sites (N-methyl/N-ethyl adjacent to an activating group) is 3. The van der Waals surface area contributed by atoms with Gasteiger partial charge in [0, 0.05) is 0 Å². The highest BCUT2D eigenvalue weighted by molar-refractivity contribution is 4.45. The Labute approximate surface area is 144 Å². The molecule has 3 rings (SSSR count). The summed E-state index contributed by atoms with van der Waals surface area (Å²) in [4.78, 5) is 0. The number of morpholine rings is 3. The fraction of sp³-hybridized carbons (Fsp3) is 1.00. The molecule has 0 aliphatic carbocycles. The molecule has 0 radical (unpaired) electrons. The summed E-state index contributed by atoms with van der Waals surface area (Å²) < 4.78 is 14.9. The predicted octanol–water partition coefficient (Wildman–Crippen LogP) is -0.226. The van der Waals surface area contributed by atoms with Crippen LogP contribution in [0.5, 0.6) is 0 Å². The van der Waals surface area contributed by atoms with Crippen LogP contribution in [0, 0.1) is 10.4 Å². The standard InChI is InChI=1S/C5H12NO2.2C5H11NO2/c3*1-6(7)2-4-8-5-3-6/h7H,2-5H2,1H3;2*2-5H2,1H3/q+1;;. The minimum atomic E-state index is -0.125. The van der Waals surface area contributed by atoms with Crippen molar-refractivity contribution in [3.8, 4) is 0 Å². The first-order valence-electron chi connectivity index (χ1n) is 8.54. The number of rotatable bonds is 0. The summed E-state index contributed by atoms with van der Waals surface area (Å²) in [6.45, 7) is 7.76. The number of hydrogen-bond donors (Lipinski definition) is 1. The normalized spacial score (nSPS) is 27.8. The third kappa shape index (κ3) is 10.5. The SMILES string of the molecule is C[N+]1(O)CCOCC1.C[N+]1([O-])CCOCC1.C[N+]1([O-])CCOCC1. The van der Waals surface area contributed by atoms with Gasteiger partial charge in [-0.15, -0.1) is 0 Å². The summed E-state index contributed by atoms with van der Waals surface area (Å²) in [5.74, 6) is 0. The molecule has 0 bridgehead atoms. The zero-order chi connectivity index (χ0) is 18.1. The van der Waals surface area contributed by atoms with Gasteiger partial charge in [0.25, 0.3) is 0 Å². The average molecular weight is 352 g/mol. The van der Waals surface area contributed by atoms with Crippen LogP contribution in [-0.2, 0) is 14.2 Å². The summed E-state index contributed by atoms with van der Waals surface area (Å²) in [6, 6.07) is 0. The summed E-state index contributed by atoms with van der Waals surface area (Å²) in [5.41, 5.74) is 0. The number of nitrogens with zero attached hydrogens (tertiary/aromatic N) is 3. The monoisotopic (exact) mass is 352 g/mol. The molecule has 3 aliphatic heterocycles. The molecule has 0 unspecified atom stereocenters. The lowest BCUT2D eigenvalue weighted by atomic mass is 10.4. The predicted molar refractivity (Wildman–Crippen MR) is 88.7 cm³/mol. The van der Waals surface area contributed by atoms with E-state index in [1.54, 1.807) is 21.1 Å². The fourth-order valence-electron chi connectivity index (χ4n) is 2.19. The highest BCUT2D eigenvalue weighted by Crippen LogP contribution is 2.03. The molecule has 0 aromatic rings. The first-order valence-corrected chi connectivity index (χ1v) is 8.54. The molecule has 3 heterocycles. The number of hydroxylamine groups is 9. The molecule has 0 saturated carbocycles. The van der Waals surface area contributed by atoms with Crippen LogP contribution >= 0.6 is 0 Å². The van der Waals surface area contributed by atoms with Crippen LogP contribution in [0.1, 0.15) is 0 Å². The van der Waals surface area contributed by atoms with E-state index in [-0.39, 0.29) is 13.9 Å². The zero-order valence-electron chi connectivity index (χ0n) is 15.3. The van der Waals surface area contributed by atoms with E-state index in [0.29, 0.717) is 65.8 Å². The van der Waals surface area contributed by atoms with Crippen molar-refractivity contribution in [3.05, 3.63) is 10.4 Å². The van der Waals surface area contributed by atoms with Crippen LogP contribution in [0.25, 0.3) is 0 Å². The molecule has 0 aromatic heterocycles. The molecule has 9 heteroatoms. The van der Waals surface area contributed by atoms with Crippen molar-refractivity contribution in [1.82, 2.24) is 0 Å². The van der Waals surface area contributed by atoms with Gasteiger partial charge in [0.15, 0.2) is 0 Å². The van der Waals surface area contributed by atoms with Crippen LogP contribution in [0.3, 0.4) is 0 Å². The lowest BCUT2D eigenvalue weighted by Crippen LogP contribution is -2.48. The quantitative estimate of drug-likeness (QED) is 0.478. The van der Waals surface area contributed by atoms with Gasteiger partial charge in [-0.25, -0.2) is 5.21 Å². The molecule has 3 fully saturated rings. The van der Waals surface area contributed by atoms with Crippen LogP contribution in [0.4, 0.5) is 0 Å². The Kier molecular flexibility index (Phi) is 8.99. The first kappa shape index (κ1) is 21.7. The highest BCUT2D eigenvalue weighted by Gasteiger charge is 2.22. The summed E-state index contributed by atoms with van der Waals surface area (Å²) in [5, 5.41) is 31.2. The van der Waals surface area contributed by atoms with Crippen LogP contribution in [0.15, 0.2) is 0 Å². The average Bonchev–Trinajstić information content (AvgIpc) is 2.48. The van der Waals surface area contributed by atoms with E-state index < -0.39 is 0 Å². The maximum Gasteiger partial charge on any atom is 0.132 e. The van der Waals surface area contributed by atoms with E-state index in [2.05, 4.69) is 0 Å². The van der Waals surface area contributed by atoms with Crippen molar-refractivity contribution >= 4 is 0 Å². The molecule has 144 valence electrons. The van der Waals surface area contributed by atoms with Crippen molar-refractivity contribution in [2.75, 3.05) is 100 Å². The van der Waals surface area contributed by atoms with Gasteiger partial charge in [-0.2, -0.15) is 4.65 Å². The Hall–Kier alpha value is -0.360. The molecule has 3 saturated heterocycles. The maximum atomic E-state index is 11.0. The Morgan fingerprint density at radius 2 is 0.833 bits per heavy atom. The van der Waals surface area contributed by atoms with Gasteiger partial charge in [0.1, 0.15) is 39.3 Å². The van der Waals surface area contributed by atoms with E-state index in [1.165, 1.54) is 0 Å². The largest absolute Gasteiger partial charge is 0.633 e. The number of ether oxygens (including phenoxy) is 3. The molecular formula is C15H34N3O6+.